The number of esters is 1. The van der Waals surface area contributed by atoms with E-state index in [9.17, 15) is 9.59 Å². The van der Waals surface area contributed by atoms with Crippen molar-refractivity contribution in [3.8, 4) is 0 Å². The second kappa shape index (κ2) is 4.93. The lowest BCUT2D eigenvalue weighted by atomic mass is 10.3. The molecule has 5 heteroatoms. The first-order chi connectivity index (χ1) is 7.04. The standard InChI is InChI=1S/C10H13NO3S/c1-4-14-10(13)8-5-6(2)15-9(8)11-7(3)12/h5H,4H2,1-3H3,(H,11,12). The van der Waals surface area contributed by atoms with Gasteiger partial charge in [-0.3, -0.25) is 4.79 Å². The normalized spacial score (nSPS) is 9.80. The largest absolute Gasteiger partial charge is 0.462 e. The molecule has 0 radical (unpaired) electrons. The van der Waals surface area contributed by atoms with Gasteiger partial charge in [0.1, 0.15) is 5.00 Å². The van der Waals surface area contributed by atoms with Crippen molar-refractivity contribution in [2.75, 3.05) is 11.9 Å². The van der Waals surface area contributed by atoms with Crippen LogP contribution in [0.3, 0.4) is 0 Å². The number of hydrogen-bond acceptors (Lipinski definition) is 4. The minimum absolute atomic E-state index is 0.192. The summed E-state index contributed by atoms with van der Waals surface area (Å²) in [5.74, 6) is -0.590. The summed E-state index contributed by atoms with van der Waals surface area (Å²) in [6.07, 6.45) is 0. The van der Waals surface area contributed by atoms with Crippen LogP contribution in [0.15, 0.2) is 6.07 Å². The van der Waals surface area contributed by atoms with Gasteiger partial charge in [0.25, 0.3) is 0 Å². The van der Waals surface area contributed by atoms with Gasteiger partial charge in [-0.05, 0) is 19.9 Å². The van der Waals surface area contributed by atoms with Crippen molar-refractivity contribution in [2.24, 2.45) is 0 Å². The Morgan fingerprint density at radius 1 is 1.53 bits per heavy atom. The molecule has 1 aromatic rings. The zero-order valence-corrected chi connectivity index (χ0v) is 9.73. The number of ether oxygens (including phenoxy) is 1. The van der Waals surface area contributed by atoms with Crippen LogP contribution < -0.4 is 5.32 Å². The van der Waals surface area contributed by atoms with Gasteiger partial charge in [0, 0.05) is 11.8 Å². The summed E-state index contributed by atoms with van der Waals surface area (Å²) in [6.45, 7) is 5.35. The Bertz CT molecular complexity index is 384. The Kier molecular flexibility index (Phi) is 3.85. The van der Waals surface area contributed by atoms with Crippen molar-refractivity contribution in [3.05, 3.63) is 16.5 Å². The van der Waals surface area contributed by atoms with Gasteiger partial charge < -0.3 is 10.1 Å². The maximum atomic E-state index is 11.5. The van der Waals surface area contributed by atoms with Crippen LogP contribution in [0.25, 0.3) is 0 Å². The highest BCUT2D eigenvalue weighted by atomic mass is 32.1. The van der Waals surface area contributed by atoms with Crippen molar-refractivity contribution >= 4 is 28.2 Å². The number of rotatable bonds is 3. The van der Waals surface area contributed by atoms with E-state index in [2.05, 4.69) is 5.32 Å². The number of aryl methyl sites for hydroxylation is 1. The van der Waals surface area contributed by atoms with Crippen LogP contribution in [0.1, 0.15) is 29.1 Å². The number of thiophene rings is 1. The van der Waals surface area contributed by atoms with Gasteiger partial charge in [0.15, 0.2) is 0 Å². The second-order valence-electron chi connectivity index (χ2n) is 3.00. The molecular weight excluding hydrogens is 214 g/mol. The molecule has 4 nitrogen and oxygen atoms in total. The Labute approximate surface area is 92.2 Å². The average molecular weight is 227 g/mol. The molecule has 0 spiro atoms. The molecule has 0 saturated carbocycles. The summed E-state index contributed by atoms with van der Waals surface area (Å²) in [7, 11) is 0. The van der Waals surface area contributed by atoms with E-state index in [1.165, 1.54) is 18.3 Å². The third-order valence-corrected chi connectivity index (χ3v) is 2.61. The molecule has 0 aliphatic carbocycles. The third kappa shape index (κ3) is 3.06. The van der Waals surface area contributed by atoms with Gasteiger partial charge >= 0.3 is 5.97 Å². The van der Waals surface area contributed by atoms with Gasteiger partial charge in [0.05, 0.1) is 12.2 Å². The second-order valence-corrected chi connectivity index (χ2v) is 4.26. The highest BCUT2D eigenvalue weighted by molar-refractivity contribution is 7.16. The van der Waals surface area contributed by atoms with Gasteiger partial charge in [0.2, 0.25) is 5.91 Å². The van der Waals surface area contributed by atoms with E-state index in [4.69, 9.17) is 4.74 Å². The fraction of sp³-hybridized carbons (Fsp3) is 0.400. The zero-order chi connectivity index (χ0) is 11.4. The Morgan fingerprint density at radius 3 is 2.73 bits per heavy atom. The van der Waals surface area contributed by atoms with E-state index in [0.717, 1.165) is 4.88 Å². The van der Waals surface area contributed by atoms with Crippen LogP contribution in [0.5, 0.6) is 0 Å². The number of carbonyl (C=O) groups is 2. The highest BCUT2D eigenvalue weighted by Crippen LogP contribution is 2.28. The molecule has 0 bridgehead atoms. The molecule has 0 unspecified atom stereocenters. The summed E-state index contributed by atoms with van der Waals surface area (Å²) in [5, 5.41) is 3.17. The van der Waals surface area contributed by atoms with Crippen molar-refractivity contribution < 1.29 is 14.3 Å². The summed E-state index contributed by atoms with van der Waals surface area (Å²) in [6, 6.07) is 1.72. The summed E-state index contributed by atoms with van der Waals surface area (Å²) < 4.78 is 4.88. The van der Waals surface area contributed by atoms with Gasteiger partial charge in [-0.2, -0.15) is 0 Å². The van der Waals surface area contributed by atoms with E-state index < -0.39 is 5.97 Å². The molecule has 82 valence electrons. The van der Waals surface area contributed by atoms with Gasteiger partial charge in [-0.1, -0.05) is 0 Å². The van der Waals surface area contributed by atoms with E-state index in [1.807, 2.05) is 6.92 Å². The first-order valence-corrected chi connectivity index (χ1v) is 5.41. The minimum atomic E-state index is -0.398. The smallest absolute Gasteiger partial charge is 0.341 e. The molecule has 0 atom stereocenters. The predicted octanol–water partition coefficient (Wildman–Crippen LogP) is 2.19. The molecule has 0 aliphatic heterocycles. The first-order valence-electron chi connectivity index (χ1n) is 4.59. The lowest BCUT2D eigenvalue weighted by Gasteiger charge is -2.03. The SMILES string of the molecule is CCOC(=O)c1cc(C)sc1NC(C)=O. The van der Waals surface area contributed by atoms with E-state index in [0.29, 0.717) is 17.2 Å². The van der Waals surface area contributed by atoms with Crippen molar-refractivity contribution in [1.29, 1.82) is 0 Å². The van der Waals surface area contributed by atoms with Crippen molar-refractivity contribution in [2.45, 2.75) is 20.8 Å². The number of carbonyl (C=O) groups excluding carboxylic acids is 2. The maximum Gasteiger partial charge on any atom is 0.341 e. The predicted molar refractivity (Wildman–Crippen MR) is 59.3 cm³/mol. The summed E-state index contributed by atoms with van der Waals surface area (Å²) >= 11 is 1.36. The van der Waals surface area contributed by atoms with E-state index in [-0.39, 0.29) is 5.91 Å². The van der Waals surface area contributed by atoms with Crippen LogP contribution >= 0.6 is 11.3 Å². The molecule has 1 aromatic heterocycles. The van der Waals surface area contributed by atoms with E-state index in [1.54, 1.807) is 13.0 Å². The Hall–Kier alpha value is -1.36. The van der Waals surface area contributed by atoms with Crippen LogP contribution in [-0.2, 0) is 9.53 Å². The number of amides is 1. The van der Waals surface area contributed by atoms with Crippen molar-refractivity contribution in [1.82, 2.24) is 0 Å². The summed E-state index contributed by atoms with van der Waals surface area (Å²) in [4.78, 5) is 23.4. The molecule has 15 heavy (non-hydrogen) atoms. The Morgan fingerprint density at radius 2 is 2.20 bits per heavy atom. The zero-order valence-electron chi connectivity index (χ0n) is 8.92. The quantitative estimate of drug-likeness (QED) is 0.805. The molecule has 0 aromatic carbocycles. The topological polar surface area (TPSA) is 55.4 Å². The summed E-state index contributed by atoms with van der Waals surface area (Å²) in [5.41, 5.74) is 0.426. The molecule has 1 amide bonds. The van der Waals surface area contributed by atoms with Gasteiger partial charge in [-0.25, -0.2) is 4.79 Å². The average Bonchev–Trinajstić information content (AvgIpc) is 2.46. The number of anilines is 1. The minimum Gasteiger partial charge on any atom is -0.462 e. The van der Waals surface area contributed by atoms with E-state index >= 15 is 0 Å². The molecule has 0 aliphatic rings. The maximum absolute atomic E-state index is 11.5. The van der Waals surface area contributed by atoms with Crippen LogP contribution in [0, 0.1) is 6.92 Å². The molecule has 1 rings (SSSR count). The lowest BCUT2D eigenvalue weighted by Crippen LogP contribution is -2.10. The number of hydrogen-bond donors (Lipinski definition) is 1. The lowest BCUT2D eigenvalue weighted by molar-refractivity contribution is -0.114. The monoisotopic (exact) mass is 227 g/mol. The highest BCUT2D eigenvalue weighted by Gasteiger charge is 2.16. The molecule has 0 saturated heterocycles. The molecule has 0 fully saturated rings. The molecular formula is C10H13NO3S. The number of nitrogens with one attached hydrogen (secondary N) is 1. The molecule has 1 heterocycles. The third-order valence-electron chi connectivity index (χ3n) is 1.64. The fourth-order valence-electron chi connectivity index (χ4n) is 1.13. The van der Waals surface area contributed by atoms with Crippen LogP contribution in [0.4, 0.5) is 5.00 Å². The fourth-order valence-corrected chi connectivity index (χ4v) is 2.07. The molecule has 1 N–H and O–H groups in total. The van der Waals surface area contributed by atoms with Crippen LogP contribution in [0.2, 0.25) is 0 Å². The first kappa shape index (κ1) is 11.7. The Balaban J connectivity index is 2.95. The van der Waals surface area contributed by atoms with Crippen molar-refractivity contribution in [3.63, 3.8) is 0 Å². The van der Waals surface area contributed by atoms with Gasteiger partial charge in [-0.15, -0.1) is 11.3 Å². The van der Waals surface area contributed by atoms with Crippen LogP contribution in [-0.4, -0.2) is 18.5 Å².